The molecular formula is C22H20BrFN2O4. The standard InChI is InChI=1S/C22H20BrFN2O4/c1-3-9-30-20-16(23)10-14(12-19(20)29-4-2)11-18-21(27)26(22(28)25-18)13-15-7-5-6-8-17(15)24/h3,5-8,10-12H,1,4,9,13H2,2H3,(H,25,28)/b18-11+. The summed E-state index contributed by atoms with van der Waals surface area (Å²) in [6.07, 6.45) is 3.15. The Labute approximate surface area is 182 Å². The second-order valence-electron chi connectivity index (χ2n) is 6.33. The molecule has 3 rings (SSSR count). The number of hydrogen-bond acceptors (Lipinski definition) is 4. The van der Waals surface area contributed by atoms with Crippen molar-refractivity contribution in [2.75, 3.05) is 13.2 Å². The molecule has 0 bridgehead atoms. The van der Waals surface area contributed by atoms with Crippen LogP contribution in [0.4, 0.5) is 9.18 Å². The number of ether oxygens (including phenoxy) is 2. The maximum absolute atomic E-state index is 13.9. The van der Waals surface area contributed by atoms with E-state index in [2.05, 4.69) is 27.8 Å². The van der Waals surface area contributed by atoms with Gasteiger partial charge < -0.3 is 14.8 Å². The summed E-state index contributed by atoms with van der Waals surface area (Å²) in [6.45, 7) is 6.04. The van der Waals surface area contributed by atoms with Crippen molar-refractivity contribution in [3.63, 3.8) is 0 Å². The lowest BCUT2D eigenvalue weighted by Crippen LogP contribution is -2.30. The topological polar surface area (TPSA) is 67.9 Å². The molecule has 1 saturated heterocycles. The molecule has 1 N–H and O–H groups in total. The Morgan fingerprint density at radius 3 is 2.70 bits per heavy atom. The average molecular weight is 475 g/mol. The molecule has 0 atom stereocenters. The molecule has 1 aliphatic rings. The molecule has 0 aromatic heterocycles. The fraction of sp³-hybridized carbons (Fsp3) is 0.182. The highest BCUT2D eigenvalue weighted by Gasteiger charge is 2.34. The quantitative estimate of drug-likeness (QED) is 0.343. The van der Waals surface area contributed by atoms with Gasteiger partial charge in [-0.3, -0.25) is 9.69 Å². The van der Waals surface area contributed by atoms with Crippen LogP contribution in [0.1, 0.15) is 18.1 Å². The Bertz CT molecular complexity index is 1020. The fourth-order valence-corrected chi connectivity index (χ4v) is 3.47. The van der Waals surface area contributed by atoms with E-state index in [9.17, 15) is 14.0 Å². The highest BCUT2D eigenvalue weighted by atomic mass is 79.9. The van der Waals surface area contributed by atoms with Crippen molar-refractivity contribution < 1.29 is 23.5 Å². The minimum absolute atomic E-state index is 0.0884. The molecule has 2 aromatic rings. The lowest BCUT2D eigenvalue weighted by atomic mass is 10.1. The van der Waals surface area contributed by atoms with Gasteiger partial charge in [0.1, 0.15) is 18.1 Å². The van der Waals surface area contributed by atoms with Gasteiger partial charge in [0.2, 0.25) is 0 Å². The zero-order chi connectivity index (χ0) is 21.7. The summed E-state index contributed by atoms with van der Waals surface area (Å²) in [4.78, 5) is 26.0. The fourth-order valence-electron chi connectivity index (χ4n) is 2.90. The van der Waals surface area contributed by atoms with Crippen LogP contribution in [-0.2, 0) is 11.3 Å². The van der Waals surface area contributed by atoms with Crippen LogP contribution in [0.15, 0.2) is 59.2 Å². The third-order valence-corrected chi connectivity index (χ3v) is 4.83. The molecule has 8 heteroatoms. The van der Waals surface area contributed by atoms with Crippen molar-refractivity contribution in [1.82, 2.24) is 10.2 Å². The number of halogens is 2. The van der Waals surface area contributed by atoms with E-state index in [-0.39, 0.29) is 17.8 Å². The van der Waals surface area contributed by atoms with Crippen LogP contribution in [0, 0.1) is 5.82 Å². The van der Waals surface area contributed by atoms with Gasteiger partial charge in [-0.2, -0.15) is 0 Å². The lowest BCUT2D eigenvalue weighted by molar-refractivity contribution is -0.123. The van der Waals surface area contributed by atoms with E-state index in [4.69, 9.17) is 9.47 Å². The number of urea groups is 1. The largest absolute Gasteiger partial charge is 0.490 e. The summed E-state index contributed by atoms with van der Waals surface area (Å²) >= 11 is 3.45. The van der Waals surface area contributed by atoms with Crippen molar-refractivity contribution in [1.29, 1.82) is 0 Å². The number of hydrogen-bond donors (Lipinski definition) is 1. The highest BCUT2D eigenvalue weighted by molar-refractivity contribution is 9.10. The van der Waals surface area contributed by atoms with Gasteiger partial charge in [-0.1, -0.05) is 30.9 Å². The minimum Gasteiger partial charge on any atom is -0.490 e. The molecule has 156 valence electrons. The Hall–Kier alpha value is -3.13. The first-order chi connectivity index (χ1) is 14.4. The monoisotopic (exact) mass is 474 g/mol. The van der Waals surface area contributed by atoms with Gasteiger partial charge >= 0.3 is 6.03 Å². The Balaban J connectivity index is 1.87. The first-order valence-corrected chi connectivity index (χ1v) is 10.0. The zero-order valence-corrected chi connectivity index (χ0v) is 17.9. The van der Waals surface area contributed by atoms with Gasteiger partial charge in [-0.25, -0.2) is 9.18 Å². The third kappa shape index (κ3) is 4.71. The number of amides is 3. The zero-order valence-electron chi connectivity index (χ0n) is 16.3. The predicted octanol–water partition coefficient (Wildman–Crippen LogP) is 4.64. The van der Waals surface area contributed by atoms with Crippen LogP contribution in [-0.4, -0.2) is 30.1 Å². The summed E-state index contributed by atoms with van der Waals surface area (Å²) in [5.41, 5.74) is 0.963. The van der Waals surface area contributed by atoms with Crippen molar-refractivity contribution in [3.05, 3.63) is 76.2 Å². The van der Waals surface area contributed by atoms with E-state index in [1.807, 2.05) is 6.92 Å². The minimum atomic E-state index is -0.607. The van der Waals surface area contributed by atoms with Crippen molar-refractivity contribution >= 4 is 33.9 Å². The van der Waals surface area contributed by atoms with E-state index in [1.54, 1.807) is 30.3 Å². The molecule has 6 nitrogen and oxygen atoms in total. The highest BCUT2D eigenvalue weighted by Crippen LogP contribution is 2.37. The summed E-state index contributed by atoms with van der Waals surface area (Å²) in [5.74, 6) is -0.0114. The SMILES string of the molecule is C=CCOc1c(Br)cc(/C=C2/NC(=O)N(Cc3ccccc3F)C2=O)cc1OCC. The maximum Gasteiger partial charge on any atom is 0.329 e. The molecule has 0 radical (unpaired) electrons. The van der Waals surface area contributed by atoms with Gasteiger partial charge in [-0.15, -0.1) is 0 Å². The normalized spacial score (nSPS) is 14.8. The smallest absolute Gasteiger partial charge is 0.329 e. The van der Waals surface area contributed by atoms with Gasteiger partial charge in [0.05, 0.1) is 17.6 Å². The van der Waals surface area contributed by atoms with Crippen LogP contribution in [0.5, 0.6) is 11.5 Å². The Morgan fingerprint density at radius 1 is 1.23 bits per heavy atom. The predicted molar refractivity (Wildman–Crippen MR) is 114 cm³/mol. The molecule has 1 heterocycles. The Morgan fingerprint density at radius 2 is 2.00 bits per heavy atom. The number of imide groups is 1. The molecule has 30 heavy (non-hydrogen) atoms. The summed E-state index contributed by atoms with van der Waals surface area (Å²) in [5, 5.41) is 2.54. The first-order valence-electron chi connectivity index (χ1n) is 9.22. The molecule has 0 spiro atoms. The number of rotatable bonds is 8. The number of nitrogens with zero attached hydrogens (tertiary/aromatic N) is 1. The Kier molecular flexibility index (Phi) is 6.89. The second-order valence-corrected chi connectivity index (χ2v) is 7.19. The van der Waals surface area contributed by atoms with Crippen LogP contribution in [0.3, 0.4) is 0 Å². The van der Waals surface area contributed by atoms with E-state index >= 15 is 0 Å². The number of nitrogens with one attached hydrogen (secondary N) is 1. The summed E-state index contributed by atoms with van der Waals surface area (Å²) in [7, 11) is 0. The van der Waals surface area contributed by atoms with Gasteiger partial charge in [0.25, 0.3) is 5.91 Å². The average Bonchev–Trinajstić information content (AvgIpc) is 2.96. The van der Waals surface area contributed by atoms with Crippen molar-refractivity contribution in [2.24, 2.45) is 0 Å². The molecule has 1 fully saturated rings. The first kappa shape index (κ1) is 21.6. The van der Waals surface area contributed by atoms with Gasteiger partial charge in [0, 0.05) is 5.56 Å². The molecule has 1 aliphatic heterocycles. The second kappa shape index (κ2) is 9.58. The number of carbonyl (C=O) groups excluding carboxylic acids is 2. The van der Waals surface area contributed by atoms with E-state index in [1.165, 1.54) is 18.2 Å². The molecule has 0 unspecified atom stereocenters. The van der Waals surface area contributed by atoms with Crippen LogP contribution < -0.4 is 14.8 Å². The molecule has 3 amide bonds. The van der Waals surface area contributed by atoms with Crippen LogP contribution in [0.25, 0.3) is 6.08 Å². The summed E-state index contributed by atoms with van der Waals surface area (Å²) < 4.78 is 25.8. The number of benzene rings is 2. The van der Waals surface area contributed by atoms with E-state index in [0.717, 1.165) is 4.90 Å². The van der Waals surface area contributed by atoms with E-state index in [0.29, 0.717) is 34.7 Å². The molecular weight excluding hydrogens is 455 g/mol. The molecule has 0 aliphatic carbocycles. The molecule has 2 aromatic carbocycles. The van der Waals surface area contributed by atoms with Crippen molar-refractivity contribution in [3.8, 4) is 11.5 Å². The lowest BCUT2D eigenvalue weighted by Gasteiger charge is -2.14. The molecule has 0 saturated carbocycles. The summed E-state index contributed by atoms with van der Waals surface area (Å²) in [6, 6.07) is 8.86. The van der Waals surface area contributed by atoms with Crippen molar-refractivity contribution in [2.45, 2.75) is 13.5 Å². The maximum atomic E-state index is 13.9. The third-order valence-electron chi connectivity index (χ3n) is 4.24. The van der Waals surface area contributed by atoms with Gasteiger partial charge in [0.15, 0.2) is 11.5 Å². The van der Waals surface area contributed by atoms with Crippen LogP contribution in [0.2, 0.25) is 0 Å². The number of carbonyl (C=O) groups is 2. The van der Waals surface area contributed by atoms with E-state index < -0.39 is 17.8 Å². The van der Waals surface area contributed by atoms with Gasteiger partial charge in [-0.05, 0) is 52.7 Å². The van der Waals surface area contributed by atoms with Crippen LogP contribution >= 0.6 is 15.9 Å².